The van der Waals surface area contributed by atoms with E-state index < -0.39 is 0 Å². The van der Waals surface area contributed by atoms with Crippen LogP contribution in [-0.2, 0) is 4.79 Å². The Morgan fingerprint density at radius 3 is 2.73 bits per heavy atom. The Hall–Kier alpha value is -2.89. The number of hydrogen-bond acceptors (Lipinski definition) is 4. The number of rotatable bonds is 7. The molecule has 1 aliphatic rings. The summed E-state index contributed by atoms with van der Waals surface area (Å²) < 4.78 is 5.16. The second kappa shape index (κ2) is 8.47. The molecule has 2 aromatic rings. The lowest BCUT2D eigenvalue weighted by molar-refractivity contribution is -0.127. The third kappa shape index (κ3) is 4.39. The number of nitrogens with one attached hydrogen (secondary N) is 1. The predicted octanol–water partition coefficient (Wildman–Crippen LogP) is 2.50. The molecule has 0 aliphatic carbocycles. The lowest BCUT2D eigenvalue weighted by Gasteiger charge is -2.15. The molecule has 6 nitrogen and oxygen atoms in total. The van der Waals surface area contributed by atoms with Crippen LogP contribution >= 0.6 is 0 Å². The van der Waals surface area contributed by atoms with Crippen molar-refractivity contribution in [2.45, 2.75) is 19.3 Å². The Bertz CT molecular complexity index is 774. The third-order valence-corrected chi connectivity index (χ3v) is 4.43. The minimum atomic E-state index is -0.201. The molecule has 0 bridgehead atoms. The molecule has 1 aromatic carbocycles. The van der Waals surface area contributed by atoms with E-state index in [-0.39, 0.29) is 11.8 Å². The second-order valence-corrected chi connectivity index (χ2v) is 6.23. The second-order valence-electron chi connectivity index (χ2n) is 6.23. The molecule has 1 saturated heterocycles. The quantitative estimate of drug-likeness (QED) is 0.777. The van der Waals surface area contributed by atoms with Crippen LogP contribution in [0, 0.1) is 0 Å². The predicted molar refractivity (Wildman–Crippen MR) is 99.0 cm³/mol. The van der Waals surface area contributed by atoms with Gasteiger partial charge in [0.05, 0.1) is 12.8 Å². The van der Waals surface area contributed by atoms with E-state index >= 15 is 0 Å². The minimum absolute atomic E-state index is 0.201. The number of hydrogen-bond donors (Lipinski definition) is 1. The fourth-order valence-corrected chi connectivity index (χ4v) is 2.99. The van der Waals surface area contributed by atoms with Crippen LogP contribution in [0.3, 0.4) is 0 Å². The van der Waals surface area contributed by atoms with Gasteiger partial charge in [-0.05, 0) is 49.2 Å². The van der Waals surface area contributed by atoms with E-state index in [2.05, 4.69) is 10.3 Å². The molecule has 0 saturated carbocycles. The summed E-state index contributed by atoms with van der Waals surface area (Å²) in [4.78, 5) is 30.2. The molecule has 6 heteroatoms. The van der Waals surface area contributed by atoms with Crippen LogP contribution in [0.15, 0.2) is 42.5 Å². The van der Waals surface area contributed by atoms with Crippen LogP contribution in [0.5, 0.6) is 5.75 Å². The van der Waals surface area contributed by atoms with Crippen LogP contribution in [-0.4, -0.2) is 48.4 Å². The Morgan fingerprint density at radius 1 is 1.23 bits per heavy atom. The lowest BCUT2D eigenvalue weighted by atomic mass is 10.1. The van der Waals surface area contributed by atoms with Crippen molar-refractivity contribution in [3.8, 4) is 17.0 Å². The van der Waals surface area contributed by atoms with E-state index in [0.717, 1.165) is 36.4 Å². The molecule has 136 valence electrons. The average Bonchev–Trinajstić information content (AvgIpc) is 3.10. The molecule has 0 unspecified atom stereocenters. The Labute approximate surface area is 153 Å². The average molecular weight is 353 g/mol. The van der Waals surface area contributed by atoms with Gasteiger partial charge in [-0.15, -0.1) is 0 Å². The zero-order valence-electron chi connectivity index (χ0n) is 14.9. The molecule has 1 fully saturated rings. The van der Waals surface area contributed by atoms with Crippen molar-refractivity contribution in [1.82, 2.24) is 15.2 Å². The first-order chi connectivity index (χ1) is 12.7. The van der Waals surface area contributed by atoms with Crippen molar-refractivity contribution in [1.29, 1.82) is 0 Å². The maximum Gasteiger partial charge on any atom is 0.269 e. The SMILES string of the molecule is COc1ccc(-c2cccc(C(=O)NCCCN3CCCC3=O)n2)cc1. The van der Waals surface area contributed by atoms with Crippen molar-refractivity contribution in [2.75, 3.05) is 26.7 Å². The van der Waals surface area contributed by atoms with Crippen molar-refractivity contribution < 1.29 is 14.3 Å². The molecule has 0 atom stereocenters. The highest BCUT2D eigenvalue weighted by atomic mass is 16.5. The van der Waals surface area contributed by atoms with E-state index in [1.165, 1.54) is 0 Å². The van der Waals surface area contributed by atoms with Crippen molar-refractivity contribution >= 4 is 11.8 Å². The molecule has 3 rings (SSSR count). The topological polar surface area (TPSA) is 71.5 Å². The summed E-state index contributed by atoms with van der Waals surface area (Å²) in [6.45, 7) is 2.05. The largest absolute Gasteiger partial charge is 0.497 e. The van der Waals surface area contributed by atoms with Gasteiger partial charge in [0.15, 0.2) is 0 Å². The summed E-state index contributed by atoms with van der Waals surface area (Å²) in [7, 11) is 1.62. The molecule has 26 heavy (non-hydrogen) atoms. The van der Waals surface area contributed by atoms with Gasteiger partial charge in [-0.3, -0.25) is 9.59 Å². The number of carbonyl (C=O) groups is 2. The van der Waals surface area contributed by atoms with Crippen LogP contribution < -0.4 is 10.1 Å². The number of benzene rings is 1. The van der Waals surface area contributed by atoms with E-state index in [1.54, 1.807) is 13.2 Å². The summed E-state index contributed by atoms with van der Waals surface area (Å²) in [5, 5.41) is 2.88. The summed E-state index contributed by atoms with van der Waals surface area (Å²) >= 11 is 0. The maximum atomic E-state index is 12.3. The molecule has 2 heterocycles. The Kier molecular flexibility index (Phi) is 5.84. The van der Waals surface area contributed by atoms with Gasteiger partial charge in [-0.2, -0.15) is 0 Å². The van der Waals surface area contributed by atoms with E-state index in [1.807, 2.05) is 41.3 Å². The summed E-state index contributed by atoms with van der Waals surface area (Å²) in [5.41, 5.74) is 2.05. The molecule has 0 radical (unpaired) electrons. The number of likely N-dealkylation sites (tertiary alicyclic amines) is 1. The first-order valence-electron chi connectivity index (χ1n) is 8.85. The highest BCUT2D eigenvalue weighted by Crippen LogP contribution is 2.20. The van der Waals surface area contributed by atoms with Crippen molar-refractivity contribution in [3.05, 3.63) is 48.2 Å². The number of amides is 2. The van der Waals surface area contributed by atoms with Gasteiger partial charge in [0.2, 0.25) is 5.91 Å². The molecule has 2 amide bonds. The maximum absolute atomic E-state index is 12.3. The Morgan fingerprint density at radius 2 is 2.04 bits per heavy atom. The van der Waals surface area contributed by atoms with E-state index in [0.29, 0.717) is 25.2 Å². The number of methoxy groups -OCH3 is 1. The van der Waals surface area contributed by atoms with Gasteiger partial charge in [0, 0.05) is 31.6 Å². The minimum Gasteiger partial charge on any atom is -0.497 e. The van der Waals surface area contributed by atoms with Gasteiger partial charge in [0.1, 0.15) is 11.4 Å². The fourth-order valence-electron chi connectivity index (χ4n) is 2.99. The lowest BCUT2D eigenvalue weighted by Crippen LogP contribution is -2.31. The first-order valence-corrected chi connectivity index (χ1v) is 8.85. The molecule has 1 aromatic heterocycles. The molecule has 0 spiro atoms. The van der Waals surface area contributed by atoms with Gasteiger partial charge in [-0.1, -0.05) is 6.07 Å². The highest BCUT2D eigenvalue weighted by Gasteiger charge is 2.19. The Balaban J connectivity index is 1.54. The monoisotopic (exact) mass is 353 g/mol. The standard InChI is InChI=1S/C20H23N3O3/c1-26-16-10-8-15(9-11-16)17-5-2-6-18(22-17)20(25)21-12-4-14-23-13-3-7-19(23)24/h2,5-6,8-11H,3-4,7,12-14H2,1H3,(H,21,25). The molecular weight excluding hydrogens is 330 g/mol. The van der Waals surface area contributed by atoms with Crippen molar-refractivity contribution in [3.63, 3.8) is 0 Å². The molecule has 1 N–H and O–H groups in total. The normalized spacial score (nSPS) is 13.7. The smallest absolute Gasteiger partial charge is 0.269 e. The third-order valence-electron chi connectivity index (χ3n) is 4.43. The summed E-state index contributed by atoms with van der Waals surface area (Å²) in [6, 6.07) is 13.0. The van der Waals surface area contributed by atoms with Crippen molar-refractivity contribution in [2.24, 2.45) is 0 Å². The zero-order valence-corrected chi connectivity index (χ0v) is 14.9. The number of nitrogens with zero attached hydrogens (tertiary/aromatic N) is 2. The highest BCUT2D eigenvalue weighted by molar-refractivity contribution is 5.92. The molecular formula is C20H23N3O3. The molecule has 1 aliphatic heterocycles. The fraction of sp³-hybridized carbons (Fsp3) is 0.350. The van der Waals surface area contributed by atoms with E-state index in [4.69, 9.17) is 4.74 Å². The number of pyridine rings is 1. The van der Waals surface area contributed by atoms with Gasteiger partial charge >= 0.3 is 0 Å². The van der Waals surface area contributed by atoms with E-state index in [9.17, 15) is 9.59 Å². The number of ether oxygens (including phenoxy) is 1. The number of carbonyl (C=O) groups excluding carboxylic acids is 2. The van der Waals surface area contributed by atoms with Gasteiger partial charge in [-0.25, -0.2) is 4.98 Å². The van der Waals surface area contributed by atoms with Gasteiger partial charge < -0.3 is 15.0 Å². The van der Waals surface area contributed by atoms with Gasteiger partial charge in [0.25, 0.3) is 5.91 Å². The number of aromatic nitrogens is 1. The zero-order chi connectivity index (χ0) is 18.4. The summed E-state index contributed by atoms with van der Waals surface area (Å²) in [6.07, 6.45) is 2.33. The summed E-state index contributed by atoms with van der Waals surface area (Å²) in [5.74, 6) is 0.789. The first kappa shape index (κ1) is 17.9. The van der Waals surface area contributed by atoms with Crippen LogP contribution in [0.1, 0.15) is 29.8 Å². The van der Waals surface area contributed by atoms with Crippen LogP contribution in [0.25, 0.3) is 11.3 Å². The van der Waals surface area contributed by atoms with Crippen LogP contribution in [0.4, 0.5) is 0 Å². The van der Waals surface area contributed by atoms with Crippen LogP contribution in [0.2, 0.25) is 0 Å².